The van der Waals surface area contributed by atoms with Gasteiger partial charge in [0.15, 0.2) is 0 Å². The van der Waals surface area contributed by atoms with Crippen molar-refractivity contribution in [3.63, 3.8) is 0 Å². The molecule has 1 fully saturated rings. The number of hydrogen-bond acceptors (Lipinski definition) is 2. The van der Waals surface area contributed by atoms with Gasteiger partial charge in [0.25, 0.3) is 0 Å². The molecule has 0 aromatic rings. The van der Waals surface area contributed by atoms with E-state index < -0.39 is 0 Å². The molecule has 1 saturated heterocycles. The fraction of sp³-hybridized carbons (Fsp3) is 0.333. The van der Waals surface area contributed by atoms with Gasteiger partial charge in [-0.05, 0) is 0 Å². The Kier molecular flexibility index (Phi) is 1.77. The molecule has 0 amide bonds. The van der Waals surface area contributed by atoms with Gasteiger partial charge in [0.2, 0.25) is 0 Å². The molecule has 0 N–H and O–H groups in total. The average Bonchev–Trinajstić information content (AvgIpc) is 2.43. The molecule has 1 rings (SSSR count). The van der Waals surface area contributed by atoms with E-state index in [0.717, 1.165) is 0 Å². The Hall–Kier alpha value is -1.68. The summed E-state index contributed by atoms with van der Waals surface area (Å²) in [5.41, 5.74) is 0. The molecule has 0 aromatic heterocycles. The second-order valence-corrected chi connectivity index (χ2v) is 1.53. The molecule has 4 heteroatoms. The summed E-state index contributed by atoms with van der Waals surface area (Å²) in [6, 6.07) is 0. The lowest BCUT2D eigenvalue weighted by Gasteiger charge is -1.88. The first-order valence-corrected chi connectivity index (χ1v) is 2.63. The van der Waals surface area contributed by atoms with Gasteiger partial charge in [-0.1, -0.05) is 0 Å². The third-order valence-electron chi connectivity index (χ3n) is 0.944. The Labute approximate surface area is 58.3 Å². The summed E-state index contributed by atoms with van der Waals surface area (Å²) in [6.07, 6.45) is 0. The second kappa shape index (κ2) is 2.75. The van der Waals surface area contributed by atoms with E-state index in [0.29, 0.717) is 13.2 Å². The van der Waals surface area contributed by atoms with E-state index >= 15 is 0 Å². The minimum Gasteiger partial charge on any atom is -0.465 e. The molecule has 0 radical (unpaired) electrons. The molecule has 4 nitrogen and oxygen atoms in total. The van der Waals surface area contributed by atoms with Gasteiger partial charge in [-0.2, -0.15) is 0 Å². The van der Waals surface area contributed by atoms with E-state index in [4.69, 9.17) is 22.6 Å². The Morgan fingerprint density at radius 1 is 1.20 bits per heavy atom. The average molecular weight is 136 g/mol. The third-order valence-corrected chi connectivity index (χ3v) is 0.944. The SMILES string of the molecule is [C-]#[N+]C([N+]#[C-])=C1OCCO1. The number of ether oxygens (including phenoxy) is 2. The van der Waals surface area contributed by atoms with E-state index in [2.05, 4.69) is 9.69 Å². The topological polar surface area (TPSA) is 27.2 Å². The van der Waals surface area contributed by atoms with Gasteiger partial charge >= 0.3 is 11.8 Å². The zero-order valence-corrected chi connectivity index (χ0v) is 5.13. The van der Waals surface area contributed by atoms with Crippen molar-refractivity contribution >= 4 is 0 Å². The van der Waals surface area contributed by atoms with Crippen LogP contribution in [0, 0.1) is 13.1 Å². The molecule has 0 aromatic carbocycles. The van der Waals surface area contributed by atoms with E-state index in [1.807, 2.05) is 0 Å². The molecule has 0 bridgehead atoms. The predicted octanol–water partition coefficient (Wildman–Crippen LogP) is 0.998. The minimum atomic E-state index is -0.127. The molecule has 0 saturated carbocycles. The summed E-state index contributed by atoms with van der Waals surface area (Å²) in [6.45, 7) is 13.9. The summed E-state index contributed by atoms with van der Waals surface area (Å²) in [5, 5.41) is 0. The van der Waals surface area contributed by atoms with E-state index in [9.17, 15) is 0 Å². The van der Waals surface area contributed by atoms with Gasteiger partial charge in [-0.15, -0.1) is 9.69 Å². The maximum absolute atomic E-state index is 6.52. The maximum Gasteiger partial charge on any atom is 0.599 e. The Morgan fingerprint density at radius 2 is 1.70 bits per heavy atom. The lowest BCUT2D eigenvalue weighted by Crippen LogP contribution is -1.82. The largest absolute Gasteiger partial charge is 0.599 e. The summed E-state index contributed by atoms with van der Waals surface area (Å²) < 4.78 is 9.65. The zero-order valence-electron chi connectivity index (χ0n) is 5.13. The fourth-order valence-electron chi connectivity index (χ4n) is 0.556. The standard InChI is InChI=1S/C6H4N2O2/c1-7-5(8-2)6-9-3-4-10-6/h3-4H2. The van der Waals surface area contributed by atoms with Crippen LogP contribution in [0.15, 0.2) is 11.8 Å². The van der Waals surface area contributed by atoms with Crippen LogP contribution in [-0.4, -0.2) is 13.2 Å². The lowest BCUT2D eigenvalue weighted by atomic mass is 10.8. The van der Waals surface area contributed by atoms with Gasteiger partial charge in [0.1, 0.15) is 26.4 Å². The first kappa shape index (κ1) is 6.44. The third kappa shape index (κ3) is 1.01. The Morgan fingerprint density at radius 3 is 2.10 bits per heavy atom. The smallest absolute Gasteiger partial charge is 0.465 e. The van der Waals surface area contributed by atoms with Crippen LogP contribution in [0.5, 0.6) is 0 Å². The molecule has 1 heterocycles. The molecule has 0 unspecified atom stereocenters. The summed E-state index contributed by atoms with van der Waals surface area (Å²) in [5.74, 6) is -0.0532. The molecule has 0 atom stereocenters. The first-order chi connectivity index (χ1) is 4.88. The normalized spacial score (nSPS) is 14.4. The number of rotatable bonds is 0. The van der Waals surface area contributed by atoms with Crippen molar-refractivity contribution < 1.29 is 9.47 Å². The Balaban J connectivity index is 2.85. The van der Waals surface area contributed by atoms with Gasteiger partial charge in [-0.25, -0.2) is 0 Å². The summed E-state index contributed by atoms with van der Waals surface area (Å²) >= 11 is 0. The van der Waals surface area contributed by atoms with E-state index in [1.165, 1.54) is 0 Å². The second-order valence-electron chi connectivity index (χ2n) is 1.53. The molecule has 50 valence electrons. The van der Waals surface area contributed by atoms with E-state index in [-0.39, 0.29) is 11.8 Å². The van der Waals surface area contributed by atoms with Gasteiger partial charge in [-0.3, -0.25) is 0 Å². The van der Waals surface area contributed by atoms with Crippen molar-refractivity contribution in [2.45, 2.75) is 0 Å². The van der Waals surface area contributed by atoms with Crippen LogP contribution in [0.25, 0.3) is 9.69 Å². The van der Waals surface area contributed by atoms with Crippen molar-refractivity contribution in [1.82, 2.24) is 0 Å². The molecule has 1 aliphatic heterocycles. The highest BCUT2D eigenvalue weighted by atomic mass is 16.7. The van der Waals surface area contributed by atoms with Crippen LogP contribution >= 0.6 is 0 Å². The van der Waals surface area contributed by atoms with E-state index in [1.54, 1.807) is 0 Å². The molecule has 0 spiro atoms. The molecule has 0 aliphatic carbocycles. The van der Waals surface area contributed by atoms with Gasteiger partial charge in [0.05, 0.1) is 0 Å². The fourth-order valence-corrected chi connectivity index (χ4v) is 0.556. The van der Waals surface area contributed by atoms with Crippen molar-refractivity contribution in [3.05, 3.63) is 34.6 Å². The quantitative estimate of drug-likeness (QED) is 0.464. The van der Waals surface area contributed by atoms with Crippen LogP contribution in [0.1, 0.15) is 0 Å². The van der Waals surface area contributed by atoms with Gasteiger partial charge in [0, 0.05) is 0 Å². The van der Waals surface area contributed by atoms with Crippen molar-refractivity contribution in [3.8, 4) is 0 Å². The maximum atomic E-state index is 6.52. The monoisotopic (exact) mass is 136 g/mol. The van der Waals surface area contributed by atoms with Crippen LogP contribution in [0.3, 0.4) is 0 Å². The van der Waals surface area contributed by atoms with Crippen LogP contribution in [0.4, 0.5) is 0 Å². The van der Waals surface area contributed by atoms with Crippen LogP contribution in [-0.2, 0) is 9.47 Å². The van der Waals surface area contributed by atoms with Gasteiger partial charge < -0.3 is 9.47 Å². The lowest BCUT2D eigenvalue weighted by molar-refractivity contribution is 0.173. The van der Waals surface area contributed by atoms with Crippen molar-refractivity contribution in [1.29, 1.82) is 0 Å². The minimum absolute atomic E-state index is 0.0741. The molecular weight excluding hydrogens is 132 g/mol. The number of hydrogen-bond donors (Lipinski definition) is 0. The zero-order chi connectivity index (χ0) is 7.40. The molecule has 10 heavy (non-hydrogen) atoms. The molecule has 1 aliphatic rings. The highest BCUT2D eigenvalue weighted by Crippen LogP contribution is 2.15. The summed E-state index contributed by atoms with van der Waals surface area (Å²) in [4.78, 5) is 5.83. The molecular formula is C6H4N2O2. The van der Waals surface area contributed by atoms with Crippen molar-refractivity contribution in [2.75, 3.05) is 13.2 Å². The highest BCUT2D eigenvalue weighted by molar-refractivity contribution is 5.19. The first-order valence-electron chi connectivity index (χ1n) is 2.63. The Bertz CT molecular complexity index is 219. The van der Waals surface area contributed by atoms with Crippen LogP contribution in [0.2, 0.25) is 0 Å². The number of nitrogens with zero attached hydrogens (tertiary/aromatic N) is 2. The van der Waals surface area contributed by atoms with Crippen molar-refractivity contribution in [2.24, 2.45) is 0 Å². The van der Waals surface area contributed by atoms with Crippen LogP contribution < -0.4 is 0 Å². The predicted molar refractivity (Wildman–Crippen MR) is 32.1 cm³/mol. The summed E-state index contributed by atoms with van der Waals surface area (Å²) in [7, 11) is 0. The highest BCUT2D eigenvalue weighted by Gasteiger charge is 2.22.